The van der Waals surface area contributed by atoms with E-state index in [1.54, 1.807) is 25.1 Å². The number of benzene rings is 2. The number of hydrogen-bond acceptors (Lipinski definition) is 1. The third-order valence-electron chi connectivity index (χ3n) is 2.80. The third kappa shape index (κ3) is 3.34. The lowest BCUT2D eigenvalue weighted by atomic mass is 10.0. The topological polar surface area (TPSA) is 17.1 Å². The molecule has 4 heteroatoms. The van der Waals surface area contributed by atoms with E-state index >= 15 is 0 Å². The Morgan fingerprint density at radius 3 is 2.63 bits per heavy atom. The Hall–Kier alpha value is -1.38. The van der Waals surface area contributed by atoms with Crippen LogP contribution in [0.5, 0.6) is 0 Å². The molecule has 1 nitrogen and oxygen atoms in total. The molecule has 0 spiro atoms. The van der Waals surface area contributed by atoms with Gasteiger partial charge in [-0.25, -0.2) is 4.39 Å². The summed E-state index contributed by atoms with van der Waals surface area (Å²) in [6.07, 6.45) is 0.186. The Bertz CT molecular complexity index is 638. The fourth-order valence-electron chi connectivity index (χ4n) is 1.80. The van der Waals surface area contributed by atoms with Gasteiger partial charge >= 0.3 is 0 Å². The zero-order chi connectivity index (χ0) is 14.0. The SMILES string of the molecule is Cc1cc(C(=O)Cc2cccc(Cl)c2)c(Cl)cc1F. The minimum absolute atomic E-state index is 0.134. The molecule has 2 aromatic rings. The number of ketones is 1. The van der Waals surface area contributed by atoms with Crippen LogP contribution in [0.3, 0.4) is 0 Å². The standard InChI is InChI=1S/C15H11Cl2FO/c1-9-5-12(13(17)8-14(9)18)15(19)7-10-3-2-4-11(16)6-10/h2-6,8H,7H2,1H3. The second-order valence-electron chi connectivity index (χ2n) is 4.31. The number of hydrogen-bond donors (Lipinski definition) is 0. The first-order chi connectivity index (χ1) is 8.97. The number of halogens is 3. The summed E-state index contributed by atoms with van der Waals surface area (Å²) in [5.74, 6) is -0.570. The van der Waals surface area contributed by atoms with E-state index in [1.165, 1.54) is 12.1 Å². The first-order valence-corrected chi connectivity index (χ1v) is 6.46. The molecule has 0 aliphatic carbocycles. The van der Waals surface area contributed by atoms with E-state index in [4.69, 9.17) is 23.2 Å². The summed E-state index contributed by atoms with van der Waals surface area (Å²) >= 11 is 11.8. The Morgan fingerprint density at radius 1 is 1.21 bits per heavy atom. The van der Waals surface area contributed by atoms with Crippen LogP contribution < -0.4 is 0 Å². The summed E-state index contributed by atoms with van der Waals surface area (Å²) in [4.78, 5) is 12.2. The fourth-order valence-corrected chi connectivity index (χ4v) is 2.27. The molecule has 2 rings (SSSR count). The van der Waals surface area contributed by atoms with E-state index in [0.29, 0.717) is 16.1 Å². The van der Waals surface area contributed by atoms with Crippen LogP contribution in [0.25, 0.3) is 0 Å². The van der Waals surface area contributed by atoms with Crippen LogP contribution >= 0.6 is 23.2 Å². The first kappa shape index (κ1) is 14.0. The lowest BCUT2D eigenvalue weighted by Crippen LogP contribution is -2.05. The molecule has 0 aromatic heterocycles. The van der Waals surface area contributed by atoms with Gasteiger partial charge in [-0.2, -0.15) is 0 Å². The zero-order valence-corrected chi connectivity index (χ0v) is 11.7. The first-order valence-electron chi connectivity index (χ1n) is 5.70. The summed E-state index contributed by atoms with van der Waals surface area (Å²) in [5.41, 5.74) is 1.54. The summed E-state index contributed by atoms with van der Waals surface area (Å²) in [6.45, 7) is 1.60. The van der Waals surface area contributed by atoms with Crippen LogP contribution in [0.4, 0.5) is 4.39 Å². The van der Waals surface area contributed by atoms with E-state index < -0.39 is 5.82 Å². The van der Waals surface area contributed by atoms with Gasteiger partial charge in [-0.3, -0.25) is 4.79 Å². The van der Waals surface area contributed by atoms with Crippen molar-refractivity contribution in [1.29, 1.82) is 0 Å². The van der Waals surface area contributed by atoms with Crippen molar-refractivity contribution in [3.05, 3.63) is 69.0 Å². The summed E-state index contributed by atoms with van der Waals surface area (Å²) < 4.78 is 13.3. The molecule has 0 fully saturated rings. The van der Waals surface area contributed by atoms with Crippen molar-refractivity contribution in [1.82, 2.24) is 0 Å². The van der Waals surface area contributed by atoms with Gasteiger partial charge in [-0.05, 0) is 42.3 Å². The maximum absolute atomic E-state index is 13.3. The van der Waals surface area contributed by atoms with Crippen molar-refractivity contribution in [2.24, 2.45) is 0 Å². The predicted molar refractivity (Wildman–Crippen MR) is 75.6 cm³/mol. The molecule has 0 heterocycles. The number of Topliss-reactive ketones (excluding diaryl/α,β-unsaturated/α-hetero) is 1. The highest BCUT2D eigenvalue weighted by molar-refractivity contribution is 6.34. The lowest BCUT2D eigenvalue weighted by Gasteiger charge is -2.06. The molecule has 0 aliphatic heterocycles. The molecule has 19 heavy (non-hydrogen) atoms. The van der Waals surface area contributed by atoms with Gasteiger partial charge in [0.15, 0.2) is 5.78 Å². The van der Waals surface area contributed by atoms with Crippen LogP contribution in [0.15, 0.2) is 36.4 Å². The summed E-state index contributed by atoms with van der Waals surface area (Å²) in [5, 5.41) is 0.710. The van der Waals surface area contributed by atoms with Gasteiger partial charge < -0.3 is 0 Å². The third-order valence-corrected chi connectivity index (χ3v) is 3.35. The fraction of sp³-hybridized carbons (Fsp3) is 0.133. The van der Waals surface area contributed by atoms with E-state index in [0.717, 1.165) is 5.56 Å². The minimum atomic E-state index is -0.413. The second kappa shape index (κ2) is 5.72. The summed E-state index contributed by atoms with van der Waals surface area (Å²) in [6, 6.07) is 9.71. The highest BCUT2D eigenvalue weighted by Crippen LogP contribution is 2.22. The van der Waals surface area contributed by atoms with E-state index in [9.17, 15) is 9.18 Å². The highest BCUT2D eigenvalue weighted by atomic mass is 35.5. The summed E-state index contributed by atoms with van der Waals surface area (Å²) in [7, 11) is 0. The molecule has 0 saturated carbocycles. The molecular weight excluding hydrogens is 286 g/mol. The highest BCUT2D eigenvalue weighted by Gasteiger charge is 2.14. The largest absolute Gasteiger partial charge is 0.294 e. The number of carbonyl (C=O) groups is 1. The van der Waals surface area contributed by atoms with E-state index in [1.807, 2.05) is 6.07 Å². The van der Waals surface area contributed by atoms with Gasteiger partial charge in [0, 0.05) is 17.0 Å². The molecule has 2 aromatic carbocycles. The zero-order valence-electron chi connectivity index (χ0n) is 10.2. The van der Waals surface area contributed by atoms with Crippen LogP contribution in [0.1, 0.15) is 21.5 Å². The number of rotatable bonds is 3. The van der Waals surface area contributed by atoms with Crippen molar-refractivity contribution >= 4 is 29.0 Å². The van der Waals surface area contributed by atoms with Crippen molar-refractivity contribution < 1.29 is 9.18 Å². The molecular formula is C15H11Cl2FO. The van der Waals surface area contributed by atoms with Crippen molar-refractivity contribution in [2.45, 2.75) is 13.3 Å². The van der Waals surface area contributed by atoms with E-state index in [-0.39, 0.29) is 17.2 Å². The average Bonchev–Trinajstić information content (AvgIpc) is 2.33. The molecule has 0 saturated heterocycles. The number of aryl methyl sites for hydroxylation is 1. The second-order valence-corrected chi connectivity index (χ2v) is 5.15. The maximum Gasteiger partial charge on any atom is 0.168 e. The van der Waals surface area contributed by atoms with Crippen molar-refractivity contribution in [3.63, 3.8) is 0 Å². The minimum Gasteiger partial charge on any atom is -0.294 e. The predicted octanol–water partition coefficient (Wildman–Crippen LogP) is 4.87. The van der Waals surface area contributed by atoms with Crippen LogP contribution in [-0.2, 0) is 6.42 Å². The monoisotopic (exact) mass is 296 g/mol. The van der Waals surface area contributed by atoms with Crippen molar-refractivity contribution in [2.75, 3.05) is 0 Å². The molecule has 0 radical (unpaired) electrons. The van der Waals surface area contributed by atoms with Gasteiger partial charge in [0.1, 0.15) is 5.82 Å². The Kier molecular flexibility index (Phi) is 4.23. The average molecular weight is 297 g/mol. The molecule has 0 aliphatic rings. The van der Waals surface area contributed by atoms with Crippen LogP contribution in [0, 0.1) is 12.7 Å². The maximum atomic E-state index is 13.3. The normalized spacial score (nSPS) is 10.5. The molecule has 0 amide bonds. The molecule has 0 N–H and O–H groups in total. The van der Waals surface area contributed by atoms with Gasteiger partial charge in [0.05, 0.1) is 5.02 Å². The van der Waals surface area contributed by atoms with Gasteiger partial charge in [0.25, 0.3) is 0 Å². The van der Waals surface area contributed by atoms with Crippen molar-refractivity contribution in [3.8, 4) is 0 Å². The van der Waals surface area contributed by atoms with Crippen LogP contribution in [0.2, 0.25) is 10.0 Å². The van der Waals surface area contributed by atoms with E-state index in [2.05, 4.69) is 0 Å². The Labute approximate surface area is 121 Å². The number of carbonyl (C=O) groups excluding carboxylic acids is 1. The quantitative estimate of drug-likeness (QED) is 0.739. The van der Waals surface area contributed by atoms with Gasteiger partial charge in [-0.15, -0.1) is 0 Å². The molecule has 0 unspecified atom stereocenters. The lowest BCUT2D eigenvalue weighted by molar-refractivity contribution is 0.0993. The molecule has 0 atom stereocenters. The Balaban J connectivity index is 2.28. The molecule has 0 bridgehead atoms. The Morgan fingerprint density at radius 2 is 1.95 bits per heavy atom. The van der Waals surface area contributed by atoms with Crippen LogP contribution in [-0.4, -0.2) is 5.78 Å². The van der Waals surface area contributed by atoms with Gasteiger partial charge in [0.2, 0.25) is 0 Å². The smallest absolute Gasteiger partial charge is 0.168 e. The van der Waals surface area contributed by atoms with Gasteiger partial charge in [-0.1, -0.05) is 35.3 Å². The molecule has 98 valence electrons.